The van der Waals surface area contributed by atoms with E-state index < -0.39 is 15.7 Å². The summed E-state index contributed by atoms with van der Waals surface area (Å²) in [6, 6.07) is 25.3. The van der Waals surface area contributed by atoms with Crippen molar-refractivity contribution in [1.82, 2.24) is 14.6 Å². The van der Waals surface area contributed by atoms with Gasteiger partial charge in [0.25, 0.3) is 5.91 Å². The van der Waals surface area contributed by atoms with Crippen LogP contribution in [0.15, 0.2) is 78.9 Å². The molecule has 0 saturated heterocycles. The predicted octanol–water partition coefficient (Wildman–Crippen LogP) is 5.78. The Balaban J connectivity index is 1.40. The molecule has 6 rings (SSSR count). The second-order valence-electron chi connectivity index (χ2n) is 11.7. The Bertz CT molecular complexity index is 1690. The number of ether oxygens (including phenoxy) is 2. The van der Waals surface area contributed by atoms with Crippen LogP contribution in [0.2, 0.25) is 0 Å². The molecule has 1 amide bonds. The Labute approximate surface area is 254 Å². The average Bonchev–Trinajstić information content (AvgIpc) is 3.63. The topological polar surface area (TPSA) is 101 Å². The maximum absolute atomic E-state index is 13.7. The van der Waals surface area contributed by atoms with Gasteiger partial charge in [0, 0.05) is 30.8 Å². The fourth-order valence-corrected chi connectivity index (χ4v) is 7.01. The van der Waals surface area contributed by atoms with E-state index in [0.29, 0.717) is 36.7 Å². The molecule has 0 bridgehead atoms. The van der Waals surface area contributed by atoms with E-state index in [4.69, 9.17) is 14.5 Å². The van der Waals surface area contributed by atoms with Crippen LogP contribution in [0.25, 0.3) is 22.4 Å². The van der Waals surface area contributed by atoms with Gasteiger partial charge in [-0.3, -0.25) is 4.79 Å². The lowest BCUT2D eigenvalue weighted by atomic mass is 9.94. The number of pyridine rings is 1. The lowest BCUT2D eigenvalue weighted by Crippen LogP contribution is -2.36. The molecule has 2 N–H and O–H groups in total. The molecule has 3 heterocycles. The number of aliphatic hydroxyl groups excluding tert-OH is 1. The van der Waals surface area contributed by atoms with E-state index in [-0.39, 0.29) is 31.0 Å². The van der Waals surface area contributed by atoms with Crippen LogP contribution in [0.4, 0.5) is 0 Å². The van der Waals surface area contributed by atoms with E-state index in [1.165, 1.54) is 0 Å². The van der Waals surface area contributed by atoms with Gasteiger partial charge in [0.05, 0.1) is 16.5 Å². The van der Waals surface area contributed by atoms with Gasteiger partial charge in [0.2, 0.25) is 6.79 Å². The molecule has 0 radical (unpaired) electrons. The predicted molar refractivity (Wildman–Crippen MR) is 167 cm³/mol. The van der Waals surface area contributed by atoms with Crippen molar-refractivity contribution < 1.29 is 23.6 Å². The molecule has 2 atom stereocenters. The van der Waals surface area contributed by atoms with Gasteiger partial charge in [-0.15, -0.1) is 0 Å². The standard InChI is InChI=1S/C34H35N3O5S/c1-34(2,3)43(40)37-20-26-18-27(33(39)35-19-22-12-13-29-30(16-22)42-21-41-29)36-32(31(26)28(37)14-15-38)25-11-7-10-24(17-25)23-8-5-4-6-9-23/h4-13,16-18,28,38H,14-15,19-21H2,1-3H3,(H,35,39)/t28-,43-/m0/s1. The van der Waals surface area contributed by atoms with E-state index >= 15 is 0 Å². The number of hydrogen-bond acceptors (Lipinski definition) is 6. The van der Waals surface area contributed by atoms with Crippen molar-refractivity contribution in [3.63, 3.8) is 0 Å². The summed E-state index contributed by atoms with van der Waals surface area (Å²) in [5.41, 5.74) is 6.57. The van der Waals surface area contributed by atoms with E-state index in [1.54, 1.807) is 6.07 Å². The van der Waals surface area contributed by atoms with E-state index in [0.717, 1.165) is 33.4 Å². The van der Waals surface area contributed by atoms with Crippen molar-refractivity contribution >= 4 is 16.9 Å². The quantitative estimate of drug-likeness (QED) is 0.267. The first-order chi connectivity index (χ1) is 20.7. The zero-order valence-electron chi connectivity index (χ0n) is 24.5. The lowest BCUT2D eigenvalue weighted by Gasteiger charge is -2.30. The number of benzene rings is 3. The van der Waals surface area contributed by atoms with Crippen molar-refractivity contribution in [2.45, 2.75) is 51.1 Å². The van der Waals surface area contributed by atoms with Gasteiger partial charge in [0.15, 0.2) is 11.5 Å². The van der Waals surface area contributed by atoms with Gasteiger partial charge in [-0.05, 0) is 73.7 Å². The molecule has 0 aliphatic carbocycles. The van der Waals surface area contributed by atoms with Crippen molar-refractivity contribution in [1.29, 1.82) is 0 Å². The van der Waals surface area contributed by atoms with Crippen molar-refractivity contribution in [3.8, 4) is 33.9 Å². The molecule has 0 fully saturated rings. The molecule has 2 aliphatic rings. The number of carbonyl (C=O) groups is 1. The number of aliphatic hydroxyl groups is 1. The third kappa shape index (κ3) is 5.93. The molecule has 0 spiro atoms. The highest BCUT2D eigenvalue weighted by molar-refractivity contribution is 7.84. The summed E-state index contributed by atoms with van der Waals surface area (Å²) in [6.45, 7) is 6.63. The number of nitrogens with zero attached hydrogens (tertiary/aromatic N) is 2. The maximum atomic E-state index is 13.7. The Hall–Kier alpha value is -4.05. The van der Waals surface area contributed by atoms with Crippen LogP contribution < -0.4 is 14.8 Å². The Morgan fingerprint density at radius 3 is 2.49 bits per heavy atom. The summed E-state index contributed by atoms with van der Waals surface area (Å²) in [7, 11) is -1.34. The van der Waals surface area contributed by atoms with Crippen molar-refractivity contribution in [2.24, 2.45) is 0 Å². The molecule has 8 nitrogen and oxygen atoms in total. The molecule has 1 aromatic heterocycles. The summed E-state index contributed by atoms with van der Waals surface area (Å²) in [4.78, 5) is 18.5. The van der Waals surface area contributed by atoms with E-state index in [9.17, 15) is 14.1 Å². The third-order valence-electron chi connectivity index (χ3n) is 7.66. The van der Waals surface area contributed by atoms with Crippen molar-refractivity contribution in [3.05, 3.63) is 101 Å². The first-order valence-electron chi connectivity index (χ1n) is 14.4. The van der Waals surface area contributed by atoms with Gasteiger partial charge in [0.1, 0.15) is 16.7 Å². The fourth-order valence-electron chi connectivity index (χ4n) is 5.61. The summed E-state index contributed by atoms with van der Waals surface area (Å²) in [5.74, 6) is 1.03. The summed E-state index contributed by atoms with van der Waals surface area (Å²) in [6.07, 6.45) is 0.400. The number of nitrogens with one attached hydrogen (secondary N) is 1. The minimum Gasteiger partial charge on any atom is -0.454 e. The fraction of sp³-hybridized carbons (Fsp3) is 0.294. The summed E-state index contributed by atoms with van der Waals surface area (Å²) in [5, 5.41) is 13.1. The van der Waals surface area contributed by atoms with Gasteiger partial charge in [-0.2, -0.15) is 0 Å². The van der Waals surface area contributed by atoms with Gasteiger partial charge in [-0.25, -0.2) is 13.5 Å². The monoisotopic (exact) mass is 597 g/mol. The first kappa shape index (κ1) is 29.0. The van der Waals surface area contributed by atoms with Gasteiger partial charge in [-0.1, -0.05) is 54.6 Å². The molecular formula is C34H35N3O5S. The molecule has 0 saturated carbocycles. The number of carbonyl (C=O) groups excluding carboxylic acids is 1. The molecule has 9 heteroatoms. The molecule has 43 heavy (non-hydrogen) atoms. The highest BCUT2D eigenvalue weighted by Gasteiger charge is 2.40. The number of aromatic nitrogens is 1. The normalized spacial score (nSPS) is 16.6. The largest absolute Gasteiger partial charge is 0.454 e. The maximum Gasteiger partial charge on any atom is 0.270 e. The van der Waals surface area contributed by atoms with Crippen LogP contribution in [-0.4, -0.2) is 42.7 Å². The zero-order valence-corrected chi connectivity index (χ0v) is 25.3. The lowest BCUT2D eigenvalue weighted by molar-refractivity contribution is 0.0945. The molecule has 0 unspecified atom stereocenters. The number of fused-ring (bicyclic) bond motifs is 2. The summed E-state index contributed by atoms with van der Waals surface area (Å²) < 4.78 is 26.0. The minimum absolute atomic E-state index is 0.0663. The van der Waals surface area contributed by atoms with Crippen LogP contribution in [0.1, 0.15) is 60.4 Å². The highest BCUT2D eigenvalue weighted by Crippen LogP contribution is 2.44. The first-order valence-corrected chi connectivity index (χ1v) is 15.5. The highest BCUT2D eigenvalue weighted by atomic mass is 32.2. The van der Waals surface area contributed by atoms with Crippen LogP contribution in [0, 0.1) is 0 Å². The zero-order chi connectivity index (χ0) is 30.1. The second kappa shape index (κ2) is 11.9. The van der Waals surface area contributed by atoms with E-state index in [2.05, 4.69) is 23.5 Å². The molecular weight excluding hydrogens is 562 g/mol. The number of hydrogen-bond donors (Lipinski definition) is 2. The van der Waals surface area contributed by atoms with E-state index in [1.807, 2.05) is 79.7 Å². The average molecular weight is 598 g/mol. The van der Waals surface area contributed by atoms with Crippen molar-refractivity contribution in [2.75, 3.05) is 13.4 Å². The van der Waals surface area contributed by atoms with Gasteiger partial charge < -0.3 is 19.9 Å². The molecule has 3 aromatic carbocycles. The molecule has 4 aromatic rings. The smallest absolute Gasteiger partial charge is 0.270 e. The van der Waals surface area contributed by atoms with Crippen LogP contribution in [0.3, 0.4) is 0 Å². The molecule has 222 valence electrons. The third-order valence-corrected chi connectivity index (χ3v) is 9.51. The minimum atomic E-state index is -1.34. The van der Waals surface area contributed by atoms with Gasteiger partial charge >= 0.3 is 0 Å². The Kier molecular flexibility index (Phi) is 8.05. The Morgan fingerprint density at radius 1 is 0.977 bits per heavy atom. The number of amides is 1. The SMILES string of the molecule is CC(C)(C)[S@](=O)N1Cc2cc(C(=O)NCc3ccc4c(c3)OCO4)nc(-c3cccc(-c4ccccc4)c3)c2[C@@H]1CCO. The Morgan fingerprint density at radius 2 is 1.72 bits per heavy atom. The second-order valence-corrected chi connectivity index (χ2v) is 13.9. The van der Waals surface area contributed by atoms with Crippen LogP contribution in [0.5, 0.6) is 11.5 Å². The van der Waals surface area contributed by atoms with Crippen LogP contribution in [-0.2, 0) is 24.1 Å². The molecule has 2 aliphatic heterocycles. The van der Waals surface area contributed by atoms with Crippen LogP contribution >= 0.6 is 0 Å². The summed E-state index contributed by atoms with van der Waals surface area (Å²) >= 11 is 0. The number of rotatable bonds is 8.